The van der Waals surface area contributed by atoms with E-state index in [1.165, 1.54) is 0 Å². The third-order valence-corrected chi connectivity index (χ3v) is 5.54. The maximum atomic E-state index is 12.9. The maximum absolute atomic E-state index is 12.9. The summed E-state index contributed by atoms with van der Waals surface area (Å²) < 4.78 is 0. The highest BCUT2D eigenvalue weighted by atomic mass is 35.5. The third kappa shape index (κ3) is 3.75. The van der Waals surface area contributed by atoms with E-state index >= 15 is 0 Å². The van der Waals surface area contributed by atoms with Gasteiger partial charge in [0.25, 0.3) is 0 Å². The van der Waals surface area contributed by atoms with Gasteiger partial charge in [-0.25, -0.2) is 0 Å². The molecule has 0 N–H and O–H groups in total. The number of hydrogen-bond acceptors (Lipinski definition) is 2. The van der Waals surface area contributed by atoms with Crippen molar-refractivity contribution in [3.05, 3.63) is 34.9 Å². The first kappa shape index (κ1) is 17.3. The van der Waals surface area contributed by atoms with Crippen molar-refractivity contribution in [1.82, 2.24) is 9.80 Å². The maximum Gasteiger partial charge on any atom is 0.227 e. The summed E-state index contributed by atoms with van der Waals surface area (Å²) in [5.74, 6) is 0.525. The topological polar surface area (TPSA) is 40.6 Å². The summed E-state index contributed by atoms with van der Waals surface area (Å²) >= 11 is 5.94. The molecule has 2 amide bonds. The SMILES string of the molecule is C[C@H](c1ccc(Cl)cc1)N(C)C(=O)[C@H]1CCCN(C(=O)C2CC2)C1. The monoisotopic (exact) mass is 348 g/mol. The van der Waals surface area contributed by atoms with Gasteiger partial charge in [-0.15, -0.1) is 0 Å². The standard InChI is InChI=1S/C19H25ClN2O2/c1-13(14-7-9-17(20)10-8-14)21(2)18(23)16-4-3-11-22(12-16)19(24)15-5-6-15/h7-10,13,15-16H,3-6,11-12H2,1-2H3/t13-,16+/m1/s1. The average Bonchev–Trinajstić information content (AvgIpc) is 3.45. The normalized spacial score (nSPS) is 22.1. The van der Waals surface area contributed by atoms with Crippen molar-refractivity contribution in [2.24, 2.45) is 11.8 Å². The molecule has 2 atom stereocenters. The van der Waals surface area contributed by atoms with Crippen LogP contribution in [0.25, 0.3) is 0 Å². The van der Waals surface area contributed by atoms with E-state index in [0.29, 0.717) is 11.6 Å². The van der Waals surface area contributed by atoms with E-state index in [2.05, 4.69) is 0 Å². The Morgan fingerprint density at radius 1 is 1.17 bits per heavy atom. The van der Waals surface area contributed by atoms with Crippen LogP contribution >= 0.6 is 11.6 Å². The van der Waals surface area contributed by atoms with Gasteiger partial charge < -0.3 is 9.80 Å². The Balaban J connectivity index is 1.63. The molecule has 1 aromatic carbocycles. The molecule has 1 aliphatic carbocycles. The van der Waals surface area contributed by atoms with Crippen molar-refractivity contribution >= 4 is 23.4 Å². The number of hydrogen-bond donors (Lipinski definition) is 0. The van der Waals surface area contributed by atoms with E-state index < -0.39 is 0 Å². The molecule has 0 spiro atoms. The molecule has 1 saturated carbocycles. The Hall–Kier alpha value is -1.55. The minimum atomic E-state index is -0.0822. The van der Waals surface area contributed by atoms with Gasteiger partial charge in [-0.1, -0.05) is 23.7 Å². The molecule has 4 nitrogen and oxygen atoms in total. The Labute approximate surface area is 148 Å². The van der Waals surface area contributed by atoms with Crippen LogP contribution in [0.2, 0.25) is 5.02 Å². The molecule has 0 unspecified atom stereocenters. The largest absolute Gasteiger partial charge is 0.342 e. The predicted molar refractivity (Wildman–Crippen MR) is 94.7 cm³/mol. The molecule has 130 valence electrons. The lowest BCUT2D eigenvalue weighted by Crippen LogP contribution is -2.46. The van der Waals surface area contributed by atoms with Gasteiger partial charge in [0, 0.05) is 31.1 Å². The molecule has 1 aromatic rings. The number of carbonyl (C=O) groups is 2. The van der Waals surface area contributed by atoms with E-state index in [1.54, 1.807) is 4.90 Å². The summed E-state index contributed by atoms with van der Waals surface area (Å²) in [5, 5.41) is 0.696. The van der Waals surface area contributed by atoms with Crippen LogP contribution in [0.5, 0.6) is 0 Å². The van der Waals surface area contributed by atoms with E-state index in [4.69, 9.17) is 11.6 Å². The van der Waals surface area contributed by atoms with Crippen molar-refractivity contribution < 1.29 is 9.59 Å². The number of piperidine rings is 1. The average molecular weight is 349 g/mol. The fourth-order valence-corrected chi connectivity index (χ4v) is 3.54. The molecule has 2 aliphatic rings. The zero-order valence-electron chi connectivity index (χ0n) is 14.4. The van der Waals surface area contributed by atoms with Gasteiger partial charge in [-0.3, -0.25) is 9.59 Å². The molecule has 5 heteroatoms. The van der Waals surface area contributed by atoms with Crippen LogP contribution in [0.4, 0.5) is 0 Å². The number of nitrogens with zero attached hydrogens (tertiary/aromatic N) is 2. The van der Waals surface area contributed by atoms with Crippen molar-refractivity contribution in [1.29, 1.82) is 0 Å². The van der Waals surface area contributed by atoms with Crippen molar-refractivity contribution in [2.75, 3.05) is 20.1 Å². The molecule has 0 radical (unpaired) electrons. The Morgan fingerprint density at radius 3 is 2.46 bits per heavy atom. The fraction of sp³-hybridized carbons (Fsp3) is 0.579. The molecule has 24 heavy (non-hydrogen) atoms. The number of carbonyl (C=O) groups excluding carboxylic acids is 2. The first-order valence-electron chi connectivity index (χ1n) is 8.78. The van der Waals surface area contributed by atoms with Gasteiger partial charge in [0.2, 0.25) is 11.8 Å². The van der Waals surface area contributed by atoms with Gasteiger partial charge in [0.05, 0.1) is 12.0 Å². The second kappa shape index (κ2) is 7.14. The van der Waals surface area contributed by atoms with Crippen molar-refractivity contribution in [3.63, 3.8) is 0 Å². The van der Waals surface area contributed by atoms with Gasteiger partial charge in [-0.2, -0.15) is 0 Å². The predicted octanol–water partition coefficient (Wildman–Crippen LogP) is 3.51. The van der Waals surface area contributed by atoms with Gasteiger partial charge in [0.1, 0.15) is 0 Å². The Bertz CT molecular complexity index is 612. The van der Waals surface area contributed by atoms with Gasteiger partial charge in [0.15, 0.2) is 0 Å². The molecule has 3 rings (SSSR count). The lowest BCUT2D eigenvalue weighted by atomic mass is 9.95. The number of halogens is 1. The van der Waals surface area contributed by atoms with Crippen LogP contribution in [0.1, 0.15) is 44.2 Å². The van der Waals surface area contributed by atoms with Crippen molar-refractivity contribution in [2.45, 2.75) is 38.6 Å². The molecular weight excluding hydrogens is 324 g/mol. The van der Waals surface area contributed by atoms with Crippen LogP contribution in [0, 0.1) is 11.8 Å². The highest BCUT2D eigenvalue weighted by molar-refractivity contribution is 6.30. The Kier molecular flexibility index (Phi) is 5.14. The number of benzene rings is 1. The summed E-state index contributed by atoms with van der Waals surface area (Å²) in [5.41, 5.74) is 1.07. The molecule has 1 saturated heterocycles. The van der Waals surface area contributed by atoms with Gasteiger partial charge in [-0.05, 0) is 50.3 Å². The molecule has 1 heterocycles. The molecule has 1 aliphatic heterocycles. The molecular formula is C19H25ClN2O2. The highest BCUT2D eigenvalue weighted by Crippen LogP contribution is 2.33. The second-order valence-electron chi connectivity index (χ2n) is 7.07. The van der Waals surface area contributed by atoms with Crippen LogP contribution < -0.4 is 0 Å². The fourth-order valence-electron chi connectivity index (χ4n) is 3.41. The lowest BCUT2D eigenvalue weighted by Gasteiger charge is -2.36. The Morgan fingerprint density at radius 2 is 1.83 bits per heavy atom. The molecule has 0 bridgehead atoms. The zero-order chi connectivity index (χ0) is 17.3. The molecule has 0 aromatic heterocycles. The van der Waals surface area contributed by atoms with Crippen LogP contribution in [0.3, 0.4) is 0 Å². The van der Waals surface area contributed by atoms with Crippen molar-refractivity contribution in [3.8, 4) is 0 Å². The van der Waals surface area contributed by atoms with E-state index in [0.717, 1.165) is 37.8 Å². The third-order valence-electron chi connectivity index (χ3n) is 5.29. The van der Waals surface area contributed by atoms with Crippen LogP contribution in [0.15, 0.2) is 24.3 Å². The first-order chi connectivity index (χ1) is 11.5. The van der Waals surface area contributed by atoms with E-state index in [1.807, 2.05) is 43.1 Å². The number of likely N-dealkylation sites (tertiary alicyclic amines) is 1. The molecule has 2 fully saturated rings. The van der Waals surface area contributed by atoms with E-state index in [9.17, 15) is 9.59 Å². The lowest BCUT2D eigenvalue weighted by molar-refractivity contribution is -0.141. The quantitative estimate of drug-likeness (QED) is 0.835. The summed E-state index contributed by atoms with van der Waals surface area (Å²) in [6, 6.07) is 7.61. The summed E-state index contributed by atoms with van der Waals surface area (Å²) in [6.07, 6.45) is 3.81. The zero-order valence-corrected chi connectivity index (χ0v) is 15.1. The second-order valence-corrected chi connectivity index (χ2v) is 7.51. The first-order valence-corrected chi connectivity index (χ1v) is 9.16. The van der Waals surface area contributed by atoms with Crippen LogP contribution in [-0.4, -0.2) is 41.8 Å². The summed E-state index contributed by atoms with van der Waals surface area (Å²) in [4.78, 5) is 28.9. The highest BCUT2D eigenvalue weighted by Gasteiger charge is 2.37. The van der Waals surface area contributed by atoms with Crippen LogP contribution in [-0.2, 0) is 9.59 Å². The summed E-state index contributed by atoms with van der Waals surface area (Å²) in [6.45, 7) is 3.40. The minimum absolute atomic E-state index is 0.00993. The van der Waals surface area contributed by atoms with Gasteiger partial charge >= 0.3 is 0 Å². The minimum Gasteiger partial charge on any atom is -0.342 e. The van der Waals surface area contributed by atoms with E-state index in [-0.39, 0.29) is 29.7 Å². The number of amides is 2. The smallest absolute Gasteiger partial charge is 0.227 e. The summed E-state index contributed by atoms with van der Waals surface area (Å²) in [7, 11) is 1.85. The number of rotatable bonds is 4.